The van der Waals surface area contributed by atoms with Gasteiger partial charge in [0, 0.05) is 49.4 Å². The Labute approximate surface area is 178 Å². The summed E-state index contributed by atoms with van der Waals surface area (Å²) in [6.07, 6.45) is 2.44. The maximum atomic E-state index is 12.7. The fraction of sp³-hybridized carbons (Fsp3) is 0.300. The number of carbonyl (C=O) groups is 1. The molecule has 150 valence electrons. The number of pyridine rings is 1. The zero-order valence-electron chi connectivity index (χ0n) is 15.8. The topological polar surface area (TPSA) is 75.4 Å². The quantitative estimate of drug-likeness (QED) is 0.621. The third-order valence-electron chi connectivity index (χ3n) is 4.83. The van der Waals surface area contributed by atoms with Crippen LogP contribution < -0.4 is 4.90 Å². The lowest BCUT2D eigenvalue weighted by atomic mass is 10.1. The molecule has 7 nitrogen and oxygen atoms in total. The highest BCUT2D eigenvalue weighted by Crippen LogP contribution is 2.24. The minimum absolute atomic E-state index is 0.0848. The lowest BCUT2D eigenvalue weighted by Gasteiger charge is -2.35. The number of rotatable bonds is 4. The molecule has 1 fully saturated rings. The number of carbonyl (C=O) groups excluding carboxylic acids is 1. The highest BCUT2D eigenvalue weighted by molar-refractivity contribution is 6.36. The van der Waals surface area contributed by atoms with Gasteiger partial charge in [-0.3, -0.25) is 4.79 Å². The molecule has 0 atom stereocenters. The average Bonchev–Trinajstić information content (AvgIpc) is 3.23. The minimum atomic E-state index is -0.0848. The van der Waals surface area contributed by atoms with E-state index in [1.807, 2.05) is 19.1 Å². The van der Waals surface area contributed by atoms with E-state index in [0.717, 1.165) is 11.4 Å². The van der Waals surface area contributed by atoms with Crippen molar-refractivity contribution in [3.05, 3.63) is 58.0 Å². The van der Waals surface area contributed by atoms with Gasteiger partial charge in [-0.15, -0.1) is 0 Å². The van der Waals surface area contributed by atoms with Gasteiger partial charge < -0.3 is 14.3 Å². The molecule has 1 aliphatic rings. The van der Waals surface area contributed by atoms with Crippen LogP contribution in [0.1, 0.15) is 23.2 Å². The van der Waals surface area contributed by atoms with E-state index in [4.69, 9.17) is 27.7 Å². The number of hydrogen-bond donors (Lipinski definition) is 0. The summed E-state index contributed by atoms with van der Waals surface area (Å²) >= 11 is 12.1. The first kappa shape index (κ1) is 19.7. The van der Waals surface area contributed by atoms with E-state index in [1.165, 1.54) is 0 Å². The first-order chi connectivity index (χ1) is 14.0. The molecule has 1 aliphatic heterocycles. The molecule has 4 rings (SSSR count). The van der Waals surface area contributed by atoms with Crippen LogP contribution in [0.3, 0.4) is 0 Å². The lowest BCUT2D eigenvalue weighted by molar-refractivity contribution is 0.0746. The van der Waals surface area contributed by atoms with Gasteiger partial charge in [0.25, 0.3) is 5.91 Å². The summed E-state index contributed by atoms with van der Waals surface area (Å²) in [6.45, 7) is 4.51. The zero-order valence-corrected chi connectivity index (χ0v) is 17.3. The zero-order chi connectivity index (χ0) is 20.4. The van der Waals surface area contributed by atoms with Crippen molar-refractivity contribution in [2.75, 3.05) is 31.1 Å². The molecule has 3 heterocycles. The van der Waals surface area contributed by atoms with E-state index in [0.29, 0.717) is 59.9 Å². The first-order valence-corrected chi connectivity index (χ1v) is 10.1. The average molecular weight is 432 g/mol. The summed E-state index contributed by atoms with van der Waals surface area (Å²) < 4.78 is 5.15. The van der Waals surface area contributed by atoms with Gasteiger partial charge in [0.1, 0.15) is 5.82 Å². The Morgan fingerprint density at radius 1 is 1.14 bits per heavy atom. The summed E-state index contributed by atoms with van der Waals surface area (Å²) in [5, 5.41) is 4.85. The van der Waals surface area contributed by atoms with Crippen molar-refractivity contribution in [3.8, 4) is 11.4 Å². The van der Waals surface area contributed by atoms with Crippen molar-refractivity contribution in [1.82, 2.24) is 20.0 Å². The molecule has 1 amide bonds. The van der Waals surface area contributed by atoms with Crippen LogP contribution in [0.2, 0.25) is 10.0 Å². The Morgan fingerprint density at radius 3 is 2.55 bits per heavy atom. The molecule has 0 spiro atoms. The predicted octanol–water partition coefficient (Wildman–Crippen LogP) is 3.96. The van der Waals surface area contributed by atoms with Gasteiger partial charge in [-0.05, 0) is 30.3 Å². The molecule has 0 radical (unpaired) electrons. The normalized spacial score (nSPS) is 14.3. The van der Waals surface area contributed by atoms with E-state index in [2.05, 4.69) is 20.0 Å². The van der Waals surface area contributed by atoms with Gasteiger partial charge in [-0.1, -0.05) is 35.3 Å². The molecule has 2 aromatic heterocycles. The molecule has 0 saturated carbocycles. The highest BCUT2D eigenvalue weighted by Gasteiger charge is 2.24. The van der Waals surface area contributed by atoms with E-state index >= 15 is 0 Å². The molecule has 0 bridgehead atoms. The predicted molar refractivity (Wildman–Crippen MR) is 111 cm³/mol. The monoisotopic (exact) mass is 431 g/mol. The van der Waals surface area contributed by atoms with Crippen molar-refractivity contribution >= 4 is 34.9 Å². The number of nitrogens with zero attached hydrogens (tertiary/aromatic N) is 5. The van der Waals surface area contributed by atoms with Crippen molar-refractivity contribution in [2.45, 2.75) is 13.3 Å². The van der Waals surface area contributed by atoms with E-state index in [1.54, 1.807) is 29.3 Å². The summed E-state index contributed by atoms with van der Waals surface area (Å²) in [5.41, 5.74) is 1.28. The maximum absolute atomic E-state index is 12.7. The van der Waals surface area contributed by atoms with Crippen molar-refractivity contribution < 1.29 is 9.32 Å². The number of hydrogen-bond acceptors (Lipinski definition) is 6. The first-order valence-electron chi connectivity index (χ1n) is 9.33. The summed E-state index contributed by atoms with van der Waals surface area (Å²) in [5.74, 6) is 1.91. The number of amides is 1. The van der Waals surface area contributed by atoms with Gasteiger partial charge in [0.15, 0.2) is 0 Å². The Bertz CT molecular complexity index is 1010. The Morgan fingerprint density at radius 2 is 1.93 bits per heavy atom. The standard InChI is InChI=1S/C20H19Cl2N5O2/c1-2-18-24-19(25-29-18)13-3-6-17(23-12-13)26-7-9-27(10-8-26)20(28)15-5-4-14(21)11-16(15)22/h3-6,11-12H,2,7-10H2,1H3. The summed E-state index contributed by atoms with van der Waals surface area (Å²) in [4.78, 5) is 25.5. The smallest absolute Gasteiger partial charge is 0.255 e. The second-order valence-electron chi connectivity index (χ2n) is 6.67. The fourth-order valence-electron chi connectivity index (χ4n) is 3.19. The van der Waals surface area contributed by atoms with Crippen LogP contribution in [0.4, 0.5) is 5.82 Å². The largest absolute Gasteiger partial charge is 0.353 e. The van der Waals surface area contributed by atoms with Crippen LogP contribution in [0.25, 0.3) is 11.4 Å². The van der Waals surface area contributed by atoms with Crippen LogP contribution in [0, 0.1) is 0 Å². The molecule has 1 saturated heterocycles. The van der Waals surface area contributed by atoms with E-state index in [9.17, 15) is 4.79 Å². The van der Waals surface area contributed by atoms with Crippen molar-refractivity contribution in [2.24, 2.45) is 0 Å². The number of benzene rings is 1. The maximum Gasteiger partial charge on any atom is 0.255 e. The number of piperazine rings is 1. The molecule has 0 aliphatic carbocycles. The second-order valence-corrected chi connectivity index (χ2v) is 7.52. The van der Waals surface area contributed by atoms with Crippen LogP contribution in [-0.4, -0.2) is 52.1 Å². The van der Waals surface area contributed by atoms with Crippen LogP contribution in [0.5, 0.6) is 0 Å². The van der Waals surface area contributed by atoms with E-state index in [-0.39, 0.29) is 5.91 Å². The number of anilines is 1. The Kier molecular flexibility index (Phi) is 5.69. The SMILES string of the molecule is CCc1nc(-c2ccc(N3CCN(C(=O)c4ccc(Cl)cc4Cl)CC3)nc2)no1. The van der Waals surface area contributed by atoms with Crippen LogP contribution in [0.15, 0.2) is 41.1 Å². The van der Waals surface area contributed by atoms with Gasteiger partial charge in [0.2, 0.25) is 11.7 Å². The van der Waals surface area contributed by atoms with Crippen LogP contribution in [-0.2, 0) is 6.42 Å². The molecule has 29 heavy (non-hydrogen) atoms. The van der Waals surface area contributed by atoms with Gasteiger partial charge in [-0.2, -0.15) is 4.98 Å². The second kappa shape index (κ2) is 8.39. The van der Waals surface area contributed by atoms with E-state index < -0.39 is 0 Å². The number of aromatic nitrogens is 3. The van der Waals surface area contributed by atoms with Crippen molar-refractivity contribution in [1.29, 1.82) is 0 Å². The summed E-state index contributed by atoms with van der Waals surface area (Å²) in [6, 6.07) is 8.80. The van der Waals surface area contributed by atoms with Gasteiger partial charge in [-0.25, -0.2) is 4.98 Å². The lowest BCUT2D eigenvalue weighted by Crippen LogP contribution is -2.49. The molecular formula is C20H19Cl2N5O2. The van der Waals surface area contributed by atoms with Crippen molar-refractivity contribution in [3.63, 3.8) is 0 Å². The Hall–Kier alpha value is -2.64. The highest BCUT2D eigenvalue weighted by atomic mass is 35.5. The molecule has 9 heteroatoms. The number of halogens is 2. The molecule has 3 aromatic rings. The fourth-order valence-corrected chi connectivity index (χ4v) is 3.68. The number of aryl methyl sites for hydroxylation is 1. The third kappa shape index (κ3) is 4.21. The summed E-state index contributed by atoms with van der Waals surface area (Å²) in [7, 11) is 0. The third-order valence-corrected chi connectivity index (χ3v) is 5.38. The molecule has 1 aromatic carbocycles. The van der Waals surface area contributed by atoms with Crippen LogP contribution >= 0.6 is 23.2 Å². The molecular weight excluding hydrogens is 413 g/mol. The molecule has 0 N–H and O–H groups in total. The van der Waals surface area contributed by atoms with Gasteiger partial charge in [0.05, 0.1) is 10.6 Å². The van der Waals surface area contributed by atoms with Gasteiger partial charge >= 0.3 is 0 Å². The molecule has 0 unspecified atom stereocenters. The Balaban J connectivity index is 1.39. The minimum Gasteiger partial charge on any atom is -0.353 e.